The molecule has 0 aromatic heterocycles. The van der Waals surface area contributed by atoms with E-state index < -0.39 is 23.9 Å². The fourth-order valence-electron chi connectivity index (χ4n) is 5.79. The molecule has 0 aromatic carbocycles. The molecule has 1 atom stereocenters. The third kappa shape index (κ3) is 5.13. The molecule has 4 bridgehead atoms. The summed E-state index contributed by atoms with van der Waals surface area (Å²) in [5.41, 5.74) is -0.146. The van der Waals surface area contributed by atoms with E-state index in [4.69, 9.17) is 5.11 Å². The maximum Gasteiger partial charge on any atom is 0.321 e. The van der Waals surface area contributed by atoms with Crippen LogP contribution >= 0.6 is 12.4 Å². The molecule has 0 aromatic rings. The number of halogens is 1. The average Bonchev–Trinajstić information content (AvgIpc) is 2.51. The fourth-order valence-corrected chi connectivity index (χ4v) is 5.79. The average molecular weight is 402 g/mol. The van der Waals surface area contributed by atoms with E-state index in [9.17, 15) is 14.4 Å². The molecule has 7 nitrogen and oxygen atoms in total. The van der Waals surface area contributed by atoms with Gasteiger partial charge in [-0.25, -0.2) is 4.79 Å². The van der Waals surface area contributed by atoms with Gasteiger partial charge >= 0.3 is 12.0 Å². The number of nitrogens with one attached hydrogen (secondary N) is 2. The van der Waals surface area contributed by atoms with Gasteiger partial charge in [0.05, 0.1) is 12.6 Å². The number of hydrogen-bond donors (Lipinski definition) is 3. The monoisotopic (exact) mass is 401 g/mol. The van der Waals surface area contributed by atoms with E-state index in [-0.39, 0.29) is 24.5 Å². The molecule has 0 radical (unpaired) electrons. The Hall–Kier alpha value is -1.34. The van der Waals surface area contributed by atoms with E-state index >= 15 is 0 Å². The summed E-state index contributed by atoms with van der Waals surface area (Å²) in [6.07, 6.45) is 7.69. The number of imide groups is 1. The number of carbonyl (C=O) groups is 3. The first-order valence-electron chi connectivity index (χ1n) is 9.89. The van der Waals surface area contributed by atoms with Crippen LogP contribution in [0.25, 0.3) is 0 Å². The SMILES string of the molecule is CCCN(CC(=O)O)C(C)C(=O)NC(=O)NC12CC3CC(CC(C3)C1)C2.Cl. The van der Waals surface area contributed by atoms with Crippen LogP contribution in [-0.4, -0.2) is 52.6 Å². The van der Waals surface area contributed by atoms with Gasteiger partial charge in [-0.15, -0.1) is 12.4 Å². The third-order valence-corrected chi connectivity index (χ3v) is 6.43. The van der Waals surface area contributed by atoms with Crippen molar-refractivity contribution in [1.82, 2.24) is 15.5 Å². The fraction of sp³-hybridized carbons (Fsp3) is 0.842. The highest BCUT2D eigenvalue weighted by molar-refractivity contribution is 5.97. The Morgan fingerprint density at radius 3 is 2.07 bits per heavy atom. The van der Waals surface area contributed by atoms with Crippen molar-refractivity contribution in [3.05, 3.63) is 0 Å². The molecule has 3 amide bonds. The molecular weight excluding hydrogens is 370 g/mol. The minimum atomic E-state index is -0.976. The summed E-state index contributed by atoms with van der Waals surface area (Å²) < 4.78 is 0. The number of carboxylic acids is 1. The van der Waals surface area contributed by atoms with E-state index in [0.717, 1.165) is 25.7 Å². The topological polar surface area (TPSA) is 98.7 Å². The highest BCUT2D eigenvalue weighted by Gasteiger charge is 2.51. The van der Waals surface area contributed by atoms with Gasteiger partial charge in [0.25, 0.3) is 0 Å². The summed E-state index contributed by atoms with van der Waals surface area (Å²) in [6, 6.07) is -1.09. The zero-order chi connectivity index (χ0) is 18.9. The molecule has 27 heavy (non-hydrogen) atoms. The largest absolute Gasteiger partial charge is 0.480 e. The highest BCUT2D eigenvalue weighted by atomic mass is 35.5. The second-order valence-corrected chi connectivity index (χ2v) is 8.68. The number of aliphatic carboxylic acids is 1. The maximum atomic E-state index is 12.5. The van der Waals surface area contributed by atoms with Crippen molar-refractivity contribution < 1.29 is 19.5 Å². The summed E-state index contributed by atoms with van der Waals surface area (Å²) in [5.74, 6) is 0.725. The first-order valence-corrected chi connectivity index (χ1v) is 9.89. The molecular formula is C19H32ClN3O4. The summed E-state index contributed by atoms with van der Waals surface area (Å²) in [6.45, 7) is 3.86. The normalized spacial score (nSPS) is 31.9. The molecule has 0 spiro atoms. The Labute approximate surface area is 167 Å². The van der Waals surface area contributed by atoms with Gasteiger partial charge in [0.2, 0.25) is 5.91 Å². The van der Waals surface area contributed by atoms with E-state index in [1.54, 1.807) is 11.8 Å². The van der Waals surface area contributed by atoms with Crippen molar-refractivity contribution in [2.45, 2.75) is 70.4 Å². The van der Waals surface area contributed by atoms with Gasteiger partial charge in [-0.1, -0.05) is 6.92 Å². The Morgan fingerprint density at radius 2 is 1.63 bits per heavy atom. The minimum Gasteiger partial charge on any atom is -0.480 e. The molecule has 0 heterocycles. The molecule has 4 fully saturated rings. The van der Waals surface area contributed by atoms with Gasteiger partial charge < -0.3 is 10.4 Å². The van der Waals surface area contributed by atoms with Crippen LogP contribution in [0.3, 0.4) is 0 Å². The lowest BCUT2D eigenvalue weighted by molar-refractivity contribution is -0.139. The number of nitrogens with zero attached hydrogens (tertiary/aromatic N) is 1. The first-order chi connectivity index (χ1) is 12.3. The number of hydrogen-bond acceptors (Lipinski definition) is 4. The van der Waals surface area contributed by atoms with E-state index in [2.05, 4.69) is 10.6 Å². The predicted molar refractivity (Wildman–Crippen MR) is 104 cm³/mol. The van der Waals surface area contributed by atoms with E-state index in [0.29, 0.717) is 24.3 Å². The van der Waals surface area contributed by atoms with Crippen molar-refractivity contribution in [2.75, 3.05) is 13.1 Å². The zero-order valence-electron chi connectivity index (χ0n) is 16.2. The number of carbonyl (C=O) groups excluding carboxylic acids is 2. The Morgan fingerprint density at radius 1 is 1.11 bits per heavy atom. The Kier molecular flexibility index (Phi) is 7.14. The third-order valence-electron chi connectivity index (χ3n) is 6.43. The second-order valence-electron chi connectivity index (χ2n) is 8.68. The molecule has 4 aliphatic rings. The smallest absolute Gasteiger partial charge is 0.321 e. The number of rotatable bonds is 7. The molecule has 0 aliphatic heterocycles. The second kappa shape index (κ2) is 8.78. The van der Waals surface area contributed by atoms with Gasteiger partial charge in [-0.2, -0.15) is 0 Å². The van der Waals surface area contributed by atoms with Gasteiger partial charge in [0.1, 0.15) is 0 Å². The highest BCUT2D eigenvalue weighted by Crippen LogP contribution is 2.55. The minimum absolute atomic E-state index is 0. The quantitative estimate of drug-likeness (QED) is 0.608. The van der Waals surface area contributed by atoms with Gasteiger partial charge in [0, 0.05) is 5.54 Å². The van der Waals surface area contributed by atoms with Crippen molar-refractivity contribution in [3.8, 4) is 0 Å². The zero-order valence-corrected chi connectivity index (χ0v) is 17.0. The number of carboxylic acid groups (broad SMARTS) is 1. The van der Waals surface area contributed by atoms with E-state index in [1.165, 1.54) is 19.3 Å². The lowest BCUT2D eigenvalue weighted by Crippen LogP contribution is -2.62. The van der Waals surface area contributed by atoms with Crippen molar-refractivity contribution >= 4 is 30.3 Å². The van der Waals surface area contributed by atoms with Gasteiger partial charge in [-0.3, -0.25) is 19.8 Å². The van der Waals surface area contributed by atoms with Crippen LogP contribution in [0, 0.1) is 17.8 Å². The molecule has 0 saturated heterocycles. The Bertz CT molecular complexity index is 548. The van der Waals surface area contributed by atoms with Crippen LogP contribution in [-0.2, 0) is 9.59 Å². The van der Waals surface area contributed by atoms with Crippen LogP contribution in [0.5, 0.6) is 0 Å². The Balaban J connectivity index is 0.00000261. The summed E-state index contributed by atoms with van der Waals surface area (Å²) in [5, 5.41) is 14.6. The molecule has 3 N–H and O–H groups in total. The first kappa shape index (κ1) is 22.0. The van der Waals surface area contributed by atoms with Crippen molar-refractivity contribution in [3.63, 3.8) is 0 Å². The van der Waals surface area contributed by atoms with Crippen LogP contribution < -0.4 is 10.6 Å². The van der Waals surface area contributed by atoms with Gasteiger partial charge in [0.15, 0.2) is 0 Å². The summed E-state index contributed by atoms with van der Waals surface area (Å²) in [7, 11) is 0. The molecule has 4 rings (SSSR count). The van der Waals surface area contributed by atoms with E-state index in [1.807, 2.05) is 6.92 Å². The molecule has 1 unspecified atom stereocenters. The lowest BCUT2D eigenvalue weighted by atomic mass is 9.53. The van der Waals surface area contributed by atoms with Crippen LogP contribution in [0.2, 0.25) is 0 Å². The lowest BCUT2D eigenvalue weighted by Gasteiger charge is -2.56. The molecule has 4 aliphatic carbocycles. The van der Waals surface area contributed by atoms with Crippen LogP contribution in [0.4, 0.5) is 4.79 Å². The van der Waals surface area contributed by atoms with Gasteiger partial charge in [-0.05, 0) is 76.2 Å². The van der Waals surface area contributed by atoms with Crippen LogP contribution in [0.15, 0.2) is 0 Å². The predicted octanol–water partition coefficient (Wildman–Crippen LogP) is 2.39. The summed E-state index contributed by atoms with van der Waals surface area (Å²) >= 11 is 0. The maximum absolute atomic E-state index is 12.5. The number of urea groups is 1. The number of amides is 3. The standard InChI is InChI=1S/C19H31N3O4.ClH/c1-3-4-22(11-16(23)24)12(2)17(25)20-18(26)21-19-8-13-5-14(9-19)7-15(6-13)10-19;/h12-15H,3-11H2,1-2H3,(H,23,24)(H2,20,21,25,26);1H. The molecule has 4 saturated carbocycles. The van der Waals surface area contributed by atoms with Crippen molar-refractivity contribution in [2.24, 2.45) is 17.8 Å². The summed E-state index contributed by atoms with van der Waals surface area (Å²) in [4.78, 5) is 37.5. The molecule has 8 heteroatoms. The molecule has 154 valence electrons. The van der Waals surface area contributed by atoms with Crippen molar-refractivity contribution in [1.29, 1.82) is 0 Å². The van der Waals surface area contributed by atoms with Crippen LogP contribution in [0.1, 0.15) is 58.8 Å².